The molecule has 0 saturated carbocycles. The fraction of sp³-hybridized carbons (Fsp3) is 0.158. The smallest absolute Gasteiger partial charge is 0.315 e. The minimum Gasteiger partial charge on any atom is -0.355 e. The summed E-state index contributed by atoms with van der Waals surface area (Å²) >= 11 is 0. The summed E-state index contributed by atoms with van der Waals surface area (Å²) in [5.74, 6) is 5.57. The summed E-state index contributed by atoms with van der Waals surface area (Å²) < 4.78 is 0. The van der Waals surface area contributed by atoms with Gasteiger partial charge in [-0.2, -0.15) is 0 Å². The zero-order valence-electron chi connectivity index (χ0n) is 13.4. The molecule has 0 spiro atoms. The third kappa shape index (κ3) is 5.18. The Morgan fingerprint density at radius 2 is 1.67 bits per heavy atom. The van der Waals surface area contributed by atoms with E-state index in [1.165, 1.54) is 0 Å². The molecule has 0 heterocycles. The third-order valence-electron chi connectivity index (χ3n) is 3.26. The maximum absolute atomic E-state index is 11.7. The first kappa shape index (κ1) is 17.1. The fourth-order valence-electron chi connectivity index (χ4n) is 2.03. The molecule has 0 saturated heterocycles. The van der Waals surface area contributed by atoms with Crippen LogP contribution in [0.25, 0.3) is 0 Å². The molecule has 0 fully saturated rings. The minimum atomic E-state index is -0.285. The summed E-state index contributed by atoms with van der Waals surface area (Å²) in [4.78, 5) is 23.4. The molecule has 0 aliphatic heterocycles. The Morgan fingerprint density at radius 3 is 2.42 bits per heavy atom. The Balaban J connectivity index is 1.83. The van der Waals surface area contributed by atoms with Crippen molar-refractivity contribution in [3.05, 3.63) is 71.3 Å². The zero-order chi connectivity index (χ0) is 17.2. The predicted molar refractivity (Wildman–Crippen MR) is 93.4 cm³/mol. The highest BCUT2D eigenvalue weighted by Crippen LogP contribution is 2.06. The number of carbonyl (C=O) groups excluding carboxylic acids is 2. The summed E-state index contributed by atoms with van der Waals surface area (Å²) in [7, 11) is 1.57. The number of hydrogen-bond acceptors (Lipinski definition) is 2. The second-order valence-corrected chi connectivity index (χ2v) is 4.95. The second kappa shape index (κ2) is 9.01. The molecule has 0 radical (unpaired) electrons. The topological polar surface area (TPSA) is 70.2 Å². The molecule has 5 heteroatoms. The third-order valence-corrected chi connectivity index (χ3v) is 3.26. The minimum absolute atomic E-state index is 0.187. The van der Waals surface area contributed by atoms with E-state index in [0.717, 1.165) is 5.56 Å². The molecule has 122 valence electrons. The number of nitrogens with one attached hydrogen (secondary N) is 3. The summed E-state index contributed by atoms with van der Waals surface area (Å²) in [5.41, 5.74) is 2.17. The molecule has 2 rings (SSSR count). The first-order valence-corrected chi connectivity index (χ1v) is 7.56. The largest absolute Gasteiger partial charge is 0.355 e. The van der Waals surface area contributed by atoms with E-state index in [4.69, 9.17) is 0 Å². The molecular weight excluding hydrogens is 302 g/mol. The van der Waals surface area contributed by atoms with Crippen molar-refractivity contribution in [1.82, 2.24) is 16.0 Å². The van der Waals surface area contributed by atoms with E-state index < -0.39 is 0 Å². The number of hydrogen-bond donors (Lipinski definition) is 3. The zero-order valence-corrected chi connectivity index (χ0v) is 13.4. The van der Waals surface area contributed by atoms with Gasteiger partial charge in [-0.1, -0.05) is 54.3 Å². The fourth-order valence-corrected chi connectivity index (χ4v) is 2.03. The number of amides is 3. The lowest BCUT2D eigenvalue weighted by Gasteiger charge is -2.05. The van der Waals surface area contributed by atoms with Gasteiger partial charge in [0, 0.05) is 19.2 Å². The molecule has 0 aliphatic carbocycles. The average molecular weight is 321 g/mol. The monoisotopic (exact) mass is 321 g/mol. The van der Waals surface area contributed by atoms with Crippen molar-refractivity contribution in [2.75, 3.05) is 13.6 Å². The van der Waals surface area contributed by atoms with E-state index in [-0.39, 0.29) is 18.5 Å². The van der Waals surface area contributed by atoms with E-state index in [1.807, 2.05) is 36.4 Å². The van der Waals surface area contributed by atoms with Gasteiger partial charge in [-0.3, -0.25) is 4.79 Å². The van der Waals surface area contributed by atoms with Crippen LogP contribution in [0.5, 0.6) is 0 Å². The van der Waals surface area contributed by atoms with E-state index in [9.17, 15) is 9.59 Å². The Hall–Kier alpha value is -3.26. The van der Waals surface area contributed by atoms with Crippen LogP contribution in [0, 0.1) is 11.8 Å². The van der Waals surface area contributed by atoms with Gasteiger partial charge in [0.05, 0.1) is 12.1 Å². The first-order chi connectivity index (χ1) is 11.7. The molecule has 3 amide bonds. The first-order valence-electron chi connectivity index (χ1n) is 7.56. The highest BCUT2D eigenvalue weighted by molar-refractivity contribution is 5.96. The van der Waals surface area contributed by atoms with Crippen LogP contribution in [0.4, 0.5) is 4.79 Å². The van der Waals surface area contributed by atoms with Gasteiger partial charge in [0.1, 0.15) is 0 Å². The number of rotatable bonds is 4. The number of benzene rings is 2. The molecule has 0 aliphatic rings. The van der Waals surface area contributed by atoms with Gasteiger partial charge >= 0.3 is 6.03 Å². The van der Waals surface area contributed by atoms with Crippen molar-refractivity contribution < 1.29 is 9.59 Å². The molecule has 2 aromatic carbocycles. The molecule has 24 heavy (non-hydrogen) atoms. The van der Waals surface area contributed by atoms with Gasteiger partial charge in [0.15, 0.2) is 0 Å². The van der Waals surface area contributed by atoms with Crippen molar-refractivity contribution in [3.8, 4) is 11.8 Å². The summed E-state index contributed by atoms with van der Waals surface area (Å²) in [6.45, 7) is 0.655. The SMILES string of the molecule is CNC(=O)c1ccccc1C#CCNC(=O)NCc1ccccc1. The van der Waals surface area contributed by atoms with Gasteiger partial charge in [0.25, 0.3) is 5.91 Å². The van der Waals surface area contributed by atoms with Crippen LogP contribution in [0.15, 0.2) is 54.6 Å². The van der Waals surface area contributed by atoms with Crippen molar-refractivity contribution in [3.63, 3.8) is 0 Å². The van der Waals surface area contributed by atoms with E-state index in [2.05, 4.69) is 27.8 Å². The van der Waals surface area contributed by atoms with Crippen LogP contribution in [-0.2, 0) is 6.54 Å². The average Bonchev–Trinajstić information content (AvgIpc) is 2.64. The van der Waals surface area contributed by atoms with E-state index >= 15 is 0 Å². The van der Waals surface area contributed by atoms with Gasteiger partial charge in [-0.15, -0.1) is 0 Å². The summed E-state index contributed by atoms with van der Waals surface area (Å²) in [6.07, 6.45) is 0. The van der Waals surface area contributed by atoms with Crippen LogP contribution in [0.3, 0.4) is 0 Å². The van der Waals surface area contributed by atoms with E-state index in [0.29, 0.717) is 17.7 Å². The number of carbonyl (C=O) groups is 2. The molecule has 2 aromatic rings. The molecule has 3 N–H and O–H groups in total. The van der Waals surface area contributed by atoms with Crippen molar-refractivity contribution in [1.29, 1.82) is 0 Å². The molecule has 0 atom stereocenters. The molecule has 0 unspecified atom stereocenters. The van der Waals surface area contributed by atoms with Crippen LogP contribution in [0.2, 0.25) is 0 Å². The Morgan fingerprint density at radius 1 is 0.958 bits per heavy atom. The molecule has 5 nitrogen and oxygen atoms in total. The van der Waals surface area contributed by atoms with Crippen LogP contribution in [-0.4, -0.2) is 25.5 Å². The quantitative estimate of drug-likeness (QED) is 0.753. The van der Waals surface area contributed by atoms with Gasteiger partial charge in [-0.25, -0.2) is 4.79 Å². The summed E-state index contributed by atoms with van der Waals surface area (Å²) in [6, 6.07) is 16.4. The highest BCUT2D eigenvalue weighted by Gasteiger charge is 2.06. The normalized spacial score (nSPS) is 9.38. The van der Waals surface area contributed by atoms with E-state index in [1.54, 1.807) is 25.2 Å². The molecule has 0 aromatic heterocycles. The van der Waals surface area contributed by atoms with Crippen molar-refractivity contribution >= 4 is 11.9 Å². The number of urea groups is 1. The van der Waals surface area contributed by atoms with Crippen LogP contribution in [0.1, 0.15) is 21.5 Å². The molecular formula is C19H19N3O2. The van der Waals surface area contributed by atoms with Gasteiger partial charge in [-0.05, 0) is 17.7 Å². The maximum atomic E-state index is 11.7. The second-order valence-electron chi connectivity index (χ2n) is 4.95. The predicted octanol–water partition coefficient (Wildman–Crippen LogP) is 1.90. The highest BCUT2D eigenvalue weighted by atomic mass is 16.2. The Labute approximate surface area is 141 Å². The van der Waals surface area contributed by atoms with Gasteiger partial charge < -0.3 is 16.0 Å². The Bertz CT molecular complexity index is 761. The van der Waals surface area contributed by atoms with Crippen molar-refractivity contribution in [2.45, 2.75) is 6.54 Å². The van der Waals surface area contributed by atoms with Gasteiger partial charge in [0.2, 0.25) is 0 Å². The lowest BCUT2D eigenvalue weighted by molar-refractivity contribution is 0.0963. The van der Waals surface area contributed by atoms with Crippen molar-refractivity contribution in [2.24, 2.45) is 0 Å². The molecule has 0 bridgehead atoms. The Kier molecular flexibility index (Phi) is 6.42. The van der Waals surface area contributed by atoms with Crippen LogP contribution >= 0.6 is 0 Å². The van der Waals surface area contributed by atoms with Crippen LogP contribution < -0.4 is 16.0 Å². The summed E-state index contributed by atoms with van der Waals surface area (Å²) in [5, 5.41) is 7.99. The lowest BCUT2D eigenvalue weighted by Crippen LogP contribution is -2.35. The maximum Gasteiger partial charge on any atom is 0.315 e. The standard InChI is InChI=1S/C19H19N3O2/c1-20-18(23)17-12-6-5-10-16(17)11-7-13-21-19(24)22-14-15-8-3-2-4-9-15/h2-6,8-10,12H,13-14H2,1H3,(H,20,23)(H2,21,22,24). The lowest BCUT2D eigenvalue weighted by atomic mass is 10.1.